The third kappa shape index (κ3) is 2.44. The van der Waals surface area contributed by atoms with Gasteiger partial charge in [-0.25, -0.2) is 14.2 Å². The summed E-state index contributed by atoms with van der Waals surface area (Å²) in [5.74, 6) is -1.33. The van der Waals surface area contributed by atoms with Gasteiger partial charge in [-0.1, -0.05) is 6.92 Å². The molecule has 0 aliphatic rings. The smallest absolute Gasteiger partial charge is 0.347 e. The van der Waals surface area contributed by atoms with Crippen LogP contribution in [0.4, 0.5) is 4.39 Å². The van der Waals surface area contributed by atoms with E-state index in [9.17, 15) is 9.18 Å². The number of benzene rings is 1. The molecule has 94 valence electrons. The minimum atomic E-state index is -0.975. The summed E-state index contributed by atoms with van der Waals surface area (Å²) in [6.45, 7) is 1.85. The molecule has 2 aromatic rings. The summed E-state index contributed by atoms with van der Waals surface area (Å²) < 4.78 is 13.5. The number of carboxylic acid groups (broad SMARTS) is 1. The number of rotatable bonds is 3. The summed E-state index contributed by atoms with van der Waals surface area (Å²) in [5.41, 5.74) is 1.26. The van der Waals surface area contributed by atoms with Crippen molar-refractivity contribution in [2.45, 2.75) is 13.3 Å². The van der Waals surface area contributed by atoms with Crippen molar-refractivity contribution < 1.29 is 14.3 Å². The van der Waals surface area contributed by atoms with Crippen LogP contribution in [0.5, 0.6) is 0 Å². The van der Waals surface area contributed by atoms with Crippen LogP contribution in [0.1, 0.15) is 22.3 Å². The van der Waals surface area contributed by atoms with Gasteiger partial charge in [0.25, 0.3) is 0 Å². The zero-order valence-corrected chi connectivity index (χ0v) is 11.8. The molecule has 1 heterocycles. The van der Waals surface area contributed by atoms with Gasteiger partial charge in [-0.15, -0.1) is 11.3 Å². The number of carbonyl (C=O) groups is 1. The first kappa shape index (κ1) is 13.2. The molecule has 2 rings (SSSR count). The Hall–Kier alpha value is -1.27. The van der Waals surface area contributed by atoms with Gasteiger partial charge in [0.15, 0.2) is 0 Å². The first-order valence-electron chi connectivity index (χ1n) is 5.21. The van der Waals surface area contributed by atoms with Crippen molar-refractivity contribution in [3.05, 3.63) is 39.1 Å². The lowest BCUT2D eigenvalue weighted by Crippen LogP contribution is -1.97. The molecule has 0 unspecified atom stereocenters. The molecule has 1 N–H and O–H groups in total. The number of carboxylic acids is 1. The van der Waals surface area contributed by atoms with Crippen molar-refractivity contribution >= 4 is 33.2 Å². The van der Waals surface area contributed by atoms with Crippen molar-refractivity contribution in [3.8, 4) is 10.6 Å². The van der Waals surface area contributed by atoms with Gasteiger partial charge >= 0.3 is 5.97 Å². The van der Waals surface area contributed by atoms with E-state index in [0.717, 1.165) is 11.3 Å². The average molecular weight is 330 g/mol. The summed E-state index contributed by atoms with van der Waals surface area (Å²) in [4.78, 5) is 15.6. The molecule has 0 spiro atoms. The number of halogens is 2. The predicted octanol–water partition coefficient (Wildman–Crippen LogP) is 3.97. The van der Waals surface area contributed by atoms with Crippen LogP contribution in [0.25, 0.3) is 10.6 Å². The van der Waals surface area contributed by atoms with E-state index in [1.54, 1.807) is 12.1 Å². The third-order valence-electron chi connectivity index (χ3n) is 2.39. The molecule has 0 radical (unpaired) electrons. The van der Waals surface area contributed by atoms with Gasteiger partial charge in [-0.05, 0) is 40.5 Å². The minimum Gasteiger partial charge on any atom is -0.477 e. The van der Waals surface area contributed by atoms with Crippen LogP contribution in [-0.2, 0) is 6.42 Å². The normalized spacial score (nSPS) is 10.6. The Morgan fingerprint density at radius 3 is 2.78 bits per heavy atom. The van der Waals surface area contributed by atoms with Gasteiger partial charge in [0.05, 0.1) is 10.2 Å². The summed E-state index contributed by atoms with van der Waals surface area (Å²) in [6, 6.07) is 4.51. The molecule has 0 fully saturated rings. The molecule has 1 aromatic carbocycles. The average Bonchev–Trinajstić information content (AvgIpc) is 2.77. The Morgan fingerprint density at radius 2 is 2.28 bits per heavy atom. The number of nitrogens with zero attached hydrogens (tertiary/aromatic N) is 1. The molecule has 6 heteroatoms. The van der Waals surface area contributed by atoms with Crippen LogP contribution < -0.4 is 0 Å². The fourth-order valence-corrected chi connectivity index (χ4v) is 2.88. The van der Waals surface area contributed by atoms with Crippen LogP contribution in [0.15, 0.2) is 22.7 Å². The highest BCUT2D eigenvalue weighted by Crippen LogP contribution is 2.31. The van der Waals surface area contributed by atoms with Crippen molar-refractivity contribution in [3.63, 3.8) is 0 Å². The Morgan fingerprint density at radius 1 is 1.56 bits per heavy atom. The van der Waals surface area contributed by atoms with Gasteiger partial charge in [0, 0.05) is 5.56 Å². The van der Waals surface area contributed by atoms with Gasteiger partial charge in [0.1, 0.15) is 15.7 Å². The molecule has 3 nitrogen and oxygen atoms in total. The maximum Gasteiger partial charge on any atom is 0.347 e. The van der Waals surface area contributed by atoms with Gasteiger partial charge in [0.2, 0.25) is 0 Å². The molecule has 0 atom stereocenters. The summed E-state index contributed by atoms with van der Waals surface area (Å²) in [7, 11) is 0. The van der Waals surface area contributed by atoms with E-state index in [-0.39, 0.29) is 10.7 Å². The number of thiazole rings is 1. The Labute approximate surface area is 115 Å². The SMILES string of the molecule is CCc1nc(-c2ccc(F)c(Br)c2)sc1C(=O)O. The molecular weight excluding hydrogens is 321 g/mol. The maximum absolute atomic E-state index is 13.1. The van der Waals surface area contributed by atoms with Crippen LogP contribution in [0.3, 0.4) is 0 Å². The van der Waals surface area contributed by atoms with E-state index >= 15 is 0 Å². The molecule has 0 saturated carbocycles. The molecule has 1 aromatic heterocycles. The quantitative estimate of drug-likeness (QED) is 0.926. The van der Waals surface area contributed by atoms with E-state index < -0.39 is 5.97 Å². The van der Waals surface area contributed by atoms with E-state index in [1.165, 1.54) is 6.07 Å². The lowest BCUT2D eigenvalue weighted by atomic mass is 10.2. The van der Waals surface area contributed by atoms with Crippen LogP contribution in [0, 0.1) is 5.82 Å². The largest absolute Gasteiger partial charge is 0.477 e. The van der Waals surface area contributed by atoms with Crippen LogP contribution in [-0.4, -0.2) is 16.1 Å². The zero-order valence-electron chi connectivity index (χ0n) is 9.41. The summed E-state index contributed by atoms with van der Waals surface area (Å²) in [5, 5.41) is 9.64. The Balaban J connectivity index is 2.50. The van der Waals surface area contributed by atoms with E-state index in [0.29, 0.717) is 27.2 Å². The summed E-state index contributed by atoms with van der Waals surface area (Å²) in [6.07, 6.45) is 0.556. The lowest BCUT2D eigenvalue weighted by Gasteiger charge is -1.98. The molecule has 0 aliphatic heterocycles. The van der Waals surface area contributed by atoms with E-state index in [4.69, 9.17) is 5.11 Å². The molecule has 0 bridgehead atoms. The number of aromatic nitrogens is 1. The van der Waals surface area contributed by atoms with Crippen molar-refractivity contribution in [1.82, 2.24) is 4.98 Å². The number of aromatic carboxylic acids is 1. The second-order valence-corrected chi connectivity index (χ2v) is 5.44. The molecule has 0 aliphatic carbocycles. The van der Waals surface area contributed by atoms with Gasteiger partial charge < -0.3 is 5.11 Å². The monoisotopic (exact) mass is 329 g/mol. The fourth-order valence-electron chi connectivity index (χ4n) is 1.51. The second kappa shape index (κ2) is 5.16. The van der Waals surface area contributed by atoms with Crippen molar-refractivity contribution in [2.75, 3.05) is 0 Å². The lowest BCUT2D eigenvalue weighted by molar-refractivity contribution is 0.0701. The molecular formula is C12H9BrFNO2S. The maximum atomic E-state index is 13.1. The summed E-state index contributed by atoms with van der Waals surface area (Å²) >= 11 is 4.21. The number of hydrogen-bond acceptors (Lipinski definition) is 3. The highest BCUT2D eigenvalue weighted by molar-refractivity contribution is 9.10. The van der Waals surface area contributed by atoms with E-state index in [1.807, 2.05) is 6.92 Å². The highest BCUT2D eigenvalue weighted by Gasteiger charge is 2.17. The van der Waals surface area contributed by atoms with Crippen molar-refractivity contribution in [1.29, 1.82) is 0 Å². The van der Waals surface area contributed by atoms with E-state index in [2.05, 4.69) is 20.9 Å². The van der Waals surface area contributed by atoms with Gasteiger partial charge in [-0.3, -0.25) is 0 Å². The number of hydrogen-bond donors (Lipinski definition) is 1. The predicted molar refractivity (Wildman–Crippen MR) is 71.5 cm³/mol. The molecule has 18 heavy (non-hydrogen) atoms. The minimum absolute atomic E-state index is 0.243. The Bertz CT molecular complexity index is 612. The first-order valence-corrected chi connectivity index (χ1v) is 6.82. The zero-order chi connectivity index (χ0) is 13.3. The third-order valence-corrected chi connectivity index (χ3v) is 4.14. The van der Waals surface area contributed by atoms with Crippen LogP contribution >= 0.6 is 27.3 Å². The van der Waals surface area contributed by atoms with Crippen molar-refractivity contribution in [2.24, 2.45) is 0 Å². The topological polar surface area (TPSA) is 50.2 Å². The molecule has 0 saturated heterocycles. The highest BCUT2D eigenvalue weighted by atomic mass is 79.9. The molecule has 0 amide bonds. The second-order valence-electron chi connectivity index (χ2n) is 3.58. The first-order chi connectivity index (χ1) is 8.52. The number of aryl methyl sites for hydroxylation is 1. The Kier molecular flexibility index (Phi) is 3.77. The van der Waals surface area contributed by atoms with Gasteiger partial charge in [-0.2, -0.15) is 0 Å². The standard InChI is InChI=1S/C12H9BrFNO2S/c1-2-9-10(12(16)17)18-11(15-9)6-3-4-8(14)7(13)5-6/h3-5H,2H2,1H3,(H,16,17). The fraction of sp³-hybridized carbons (Fsp3) is 0.167. The van der Waals surface area contributed by atoms with Crippen LogP contribution in [0.2, 0.25) is 0 Å².